The van der Waals surface area contributed by atoms with Crippen molar-refractivity contribution in [2.75, 3.05) is 0 Å². The summed E-state index contributed by atoms with van der Waals surface area (Å²) in [6.07, 6.45) is 0. The van der Waals surface area contributed by atoms with E-state index in [1.807, 2.05) is 0 Å². The molecule has 0 aliphatic carbocycles. The van der Waals surface area contributed by atoms with Crippen LogP contribution in [0.15, 0.2) is 85.0 Å². The van der Waals surface area contributed by atoms with Crippen molar-refractivity contribution in [3.63, 3.8) is 0 Å². The van der Waals surface area contributed by atoms with Gasteiger partial charge in [0, 0.05) is 22.3 Å². The first-order valence-corrected chi connectivity index (χ1v) is 11.5. The molecule has 0 aliphatic heterocycles. The van der Waals surface area contributed by atoms with E-state index in [4.69, 9.17) is 18.9 Å². The van der Waals surface area contributed by atoms with Crippen LogP contribution in [0.5, 0.6) is 11.5 Å². The molecule has 0 spiro atoms. The predicted molar refractivity (Wildman–Crippen MR) is 142 cm³/mol. The van der Waals surface area contributed by atoms with E-state index >= 15 is 0 Å². The number of carbonyl (C=O) groups is 4. The zero-order valence-corrected chi connectivity index (χ0v) is 22.0. The molecule has 2 rings (SSSR count). The molecule has 0 unspecified atom stereocenters. The largest absolute Gasteiger partial charge is 0.457 e. The Hall–Kier alpha value is -4.72. The first-order valence-electron chi connectivity index (χ1n) is 11.5. The maximum absolute atomic E-state index is 12.3. The highest BCUT2D eigenvalue weighted by molar-refractivity contribution is 5.91. The van der Waals surface area contributed by atoms with E-state index in [1.54, 1.807) is 24.3 Å². The highest BCUT2D eigenvalue weighted by Crippen LogP contribution is 2.35. The summed E-state index contributed by atoms with van der Waals surface area (Å²) in [5.74, 6) is -2.50. The lowest BCUT2D eigenvalue weighted by Crippen LogP contribution is -2.12. The molecule has 2 aromatic carbocycles. The van der Waals surface area contributed by atoms with Crippen molar-refractivity contribution in [3.05, 3.63) is 96.1 Å². The fourth-order valence-electron chi connectivity index (χ4n) is 2.87. The molecule has 0 radical (unpaired) electrons. The van der Waals surface area contributed by atoms with Crippen LogP contribution in [0.1, 0.15) is 38.8 Å². The van der Waals surface area contributed by atoms with Crippen molar-refractivity contribution in [1.82, 2.24) is 0 Å². The maximum Gasteiger partial charge on any atom is 0.338 e. The second kappa shape index (κ2) is 13.0. The molecule has 8 nitrogen and oxygen atoms in total. The Labute approximate surface area is 221 Å². The summed E-state index contributed by atoms with van der Waals surface area (Å²) in [5, 5.41) is 0. The van der Waals surface area contributed by atoms with Gasteiger partial charge in [-0.3, -0.25) is 0 Å². The van der Waals surface area contributed by atoms with Crippen LogP contribution in [0.4, 0.5) is 0 Å². The van der Waals surface area contributed by atoms with Gasteiger partial charge in [-0.2, -0.15) is 0 Å². The van der Waals surface area contributed by atoms with Gasteiger partial charge in [-0.05, 0) is 80.3 Å². The molecule has 0 aromatic heterocycles. The third kappa shape index (κ3) is 8.44. The van der Waals surface area contributed by atoms with Gasteiger partial charge in [0.25, 0.3) is 0 Å². The van der Waals surface area contributed by atoms with Crippen LogP contribution in [0.25, 0.3) is 11.1 Å². The van der Waals surface area contributed by atoms with E-state index in [9.17, 15) is 19.2 Å². The molecule has 0 aliphatic rings. The highest BCUT2D eigenvalue weighted by atomic mass is 16.6. The zero-order chi connectivity index (χ0) is 28.6. The minimum Gasteiger partial charge on any atom is -0.457 e. The third-order valence-electron chi connectivity index (χ3n) is 4.87. The summed E-state index contributed by atoms with van der Waals surface area (Å²) >= 11 is 0. The van der Waals surface area contributed by atoms with Gasteiger partial charge >= 0.3 is 23.9 Å². The zero-order valence-electron chi connectivity index (χ0n) is 22.0. The standard InChI is InChI=1S/C30H30O8/c1-17(2)27(31)35-15-21-11-22(16-36-28(32)18(3)4)13-24(12-21)23-9-10-25(37-29(33)19(5)6)26(14-23)38-30(34)20(7)8/h9-14H,1,3,5,7,15-16H2,2,4,6,8H3. The van der Waals surface area contributed by atoms with Crippen LogP contribution in [-0.2, 0) is 41.9 Å². The Morgan fingerprint density at radius 1 is 0.553 bits per heavy atom. The number of benzene rings is 2. The van der Waals surface area contributed by atoms with E-state index in [0.29, 0.717) is 22.3 Å². The van der Waals surface area contributed by atoms with Crippen LogP contribution in [0.3, 0.4) is 0 Å². The number of rotatable bonds is 11. The second-order valence-corrected chi connectivity index (χ2v) is 8.75. The lowest BCUT2D eigenvalue weighted by atomic mass is 9.99. The monoisotopic (exact) mass is 518 g/mol. The number of hydrogen-bond acceptors (Lipinski definition) is 8. The van der Waals surface area contributed by atoms with Crippen LogP contribution in [0.2, 0.25) is 0 Å². The summed E-state index contributed by atoms with van der Waals surface area (Å²) in [6.45, 7) is 20.2. The number of carbonyl (C=O) groups excluding carboxylic acids is 4. The van der Waals surface area contributed by atoms with E-state index in [0.717, 1.165) is 0 Å². The van der Waals surface area contributed by atoms with Gasteiger partial charge in [-0.15, -0.1) is 0 Å². The summed E-state index contributed by atoms with van der Waals surface area (Å²) in [5.41, 5.74) is 3.23. The molecule has 0 bridgehead atoms. The predicted octanol–water partition coefficient (Wildman–Crippen LogP) is 5.56. The van der Waals surface area contributed by atoms with Crippen molar-refractivity contribution in [2.45, 2.75) is 40.9 Å². The van der Waals surface area contributed by atoms with Gasteiger partial charge in [0.1, 0.15) is 13.2 Å². The molecule has 38 heavy (non-hydrogen) atoms. The number of ether oxygens (including phenoxy) is 4. The van der Waals surface area contributed by atoms with Gasteiger partial charge in [0.15, 0.2) is 11.5 Å². The Bertz CT molecular complexity index is 1300. The molecular formula is C30H30O8. The molecule has 0 N–H and O–H groups in total. The minimum absolute atomic E-state index is 0.0125. The molecular weight excluding hydrogens is 488 g/mol. The second-order valence-electron chi connectivity index (χ2n) is 8.75. The van der Waals surface area contributed by atoms with Gasteiger partial charge in [-0.25, -0.2) is 19.2 Å². The van der Waals surface area contributed by atoms with Crippen LogP contribution >= 0.6 is 0 Å². The molecule has 0 fully saturated rings. The summed E-state index contributed by atoms with van der Waals surface area (Å²) in [6, 6.07) is 9.90. The van der Waals surface area contributed by atoms with Gasteiger partial charge < -0.3 is 18.9 Å². The molecule has 0 amide bonds. The van der Waals surface area contributed by atoms with Crippen molar-refractivity contribution in [2.24, 2.45) is 0 Å². The summed E-state index contributed by atoms with van der Waals surface area (Å²) in [7, 11) is 0. The summed E-state index contributed by atoms with van der Waals surface area (Å²) < 4.78 is 21.3. The first-order chi connectivity index (χ1) is 17.8. The Morgan fingerprint density at radius 3 is 1.39 bits per heavy atom. The average molecular weight is 519 g/mol. The Balaban J connectivity index is 2.54. The van der Waals surface area contributed by atoms with Gasteiger partial charge in [0.2, 0.25) is 0 Å². The minimum atomic E-state index is -0.706. The Morgan fingerprint density at radius 2 is 0.974 bits per heavy atom. The van der Waals surface area contributed by atoms with Gasteiger partial charge in [0.05, 0.1) is 0 Å². The van der Waals surface area contributed by atoms with E-state index in [1.165, 1.54) is 39.8 Å². The molecule has 2 aromatic rings. The van der Waals surface area contributed by atoms with Crippen molar-refractivity contribution >= 4 is 23.9 Å². The first kappa shape index (κ1) is 29.5. The topological polar surface area (TPSA) is 105 Å². The van der Waals surface area contributed by atoms with Crippen molar-refractivity contribution < 1.29 is 38.1 Å². The summed E-state index contributed by atoms with van der Waals surface area (Å²) in [4.78, 5) is 48.2. The number of hydrogen-bond donors (Lipinski definition) is 0. The van der Waals surface area contributed by atoms with Gasteiger partial charge in [-0.1, -0.05) is 32.4 Å². The van der Waals surface area contributed by atoms with E-state index in [-0.39, 0.29) is 47.0 Å². The lowest BCUT2D eigenvalue weighted by Gasteiger charge is -2.14. The molecule has 8 heteroatoms. The molecule has 0 saturated heterocycles. The fraction of sp³-hybridized carbons (Fsp3) is 0.200. The maximum atomic E-state index is 12.3. The smallest absolute Gasteiger partial charge is 0.338 e. The highest BCUT2D eigenvalue weighted by Gasteiger charge is 2.17. The number of esters is 4. The van der Waals surface area contributed by atoms with Crippen LogP contribution < -0.4 is 9.47 Å². The molecule has 0 saturated carbocycles. The van der Waals surface area contributed by atoms with E-state index in [2.05, 4.69) is 26.3 Å². The van der Waals surface area contributed by atoms with Crippen LogP contribution in [0, 0.1) is 0 Å². The molecule has 0 heterocycles. The lowest BCUT2D eigenvalue weighted by molar-refractivity contribution is -0.140. The van der Waals surface area contributed by atoms with Crippen LogP contribution in [-0.4, -0.2) is 23.9 Å². The molecule has 0 atom stereocenters. The quantitative estimate of drug-likeness (QED) is 0.216. The normalized spacial score (nSPS) is 10.1. The van der Waals surface area contributed by atoms with E-state index < -0.39 is 23.9 Å². The van der Waals surface area contributed by atoms with Crippen molar-refractivity contribution in [1.29, 1.82) is 0 Å². The van der Waals surface area contributed by atoms with Crippen molar-refractivity contribution in [3.8, 4) is 22.6 Å². The Kier molecular flexibility index (Phi) is 10.1. The fourth-order valence-corrected chi connectivity index (χ4v) is 2.87. The SMILES string of the molecule is C=C(C)C(=O)OCc1cc(COC(=O)C(=C)C)cc(-c2ccc(OC(=O)C(=C)C)c(OC(=O)C(=C)C)c2)c1. The third-order valence-corrected chi connectivity index (χ3v) is 4.87. The molecule has 198 valence electrons. The average Bonchev–Trinajstić information content (AvgIpc) is 2.86.